The first-order valence-corrected chi connectivity index (χ1v) is 9.66. The number of nitrogens with one attached hydrogen (secondary N) is 1. The fourth-order valence-electron chi connectivity index (χ4n) is 2.49. The van der Waals surface area contributed by atoms with E-state index >= 15 is 0 Å². The molecule has 3 heterocycles. The molecule has 3 aromatic heterocycles. The first kappa shape index (κ1) is 16.9. The van der Waals surface area contributed by atoms with E-state index in [1.807, 2.05) is 52.9 Å². The molecule has 4 rings (SSSR count). The van der Waals surface area contributed by atoms with E-state index in [1.54, 1.807) is 6.20 Å². The lowest BCUT2D eigenvalue weighted by Gasteiger charge is -2.06. The van der Waals surface area contributed by atoms with Crippen molar-refractivity contribution in [1.82, 2.24) is 29.8 Å². The average Bonchev–Trinajstić information content (AvgIpc) is 3.38. The Bertz CT molecular complexity index is 991. The lowest BCUT2D eigenvalue weighted by Crippen LogP contribution is -2.06. The van der Waals surface area contributed by atoms with E-state index in [2.05, 4.69) is 53.8 Å². The van der Waals surface area contributed by atoms with Gasteiger partial charge in [0.2, 0.25) is 5.13 Å². The summed E-state index contributed by atoms with van der Waals surface area (Å²) in [5.41, 5.74) is 1.21. The van der Waals surface area contributed by atoms with E-state index in [1.165, 1.54) is 16.9 Å². The molecular weight excluding hydrogens is 414 g/mol. The summed E-state index contributed by atoms with van der Waals surface area (Å²) in [6, 6.07) is 12.2. The van der Waals surface area contributed by atoms with Crippen LogP contribution in [0.5, 0.6) is 0 Å². The molecule has 26 heavy (non-hydrogen) atoms. The zero-order valence-corrected chi connectivity index (χ0v) is 16.4. The third kappa shape index (κ3) is 3.83. The summed E-state index contributed by atoms with van der Waals surface area (Å²) < 4.78 is 4.68. The maximum atomic E-state index is 4.54. The molecule has 1 atom stereocenters. The molecule has 0 bridgehead atoms. The molecule has 0 aliphatic carbocycles. The minimum absolute atomic E-state index is 0.0185. The van der Waals surface area contributed by atoms with Gasteiger partial charge in [0.25, 0.3) is 0 Å². The summed E-state index contributed by atoms with van der Waals surface area (Å²) in [4.78, 5) is 0. The molecule has 0 spiro atoms. The van der Waals surface area contributed by atoms with Crippen molar-refractivity contribution in [2.45, 2.75) is 19.5 Å². The van der Waals surface area contributed by atoms with Crippen molar-refractivity contribution in [3.05, 3.63) is 70.0 Å². The number of anilines is 2. The van der Waals surface area contributed by atoms with Crippen LogP contribution in [0.1, 0.15) is 23.5 Å². The van der Waals surface area contributed by atoms with Gasteiger partial charge in [-0.2, -0.15) is 10.2 Å². The second-order valence-electron chi connectivity index (χ2n) is 5.77. The van der Waals surface area contributed by atoms with Crippen molar-refractivity contribution in [3.8, 4) is 0 Å². The van der Waals surface area contributed by atoms with E-state index in [0.29, 0.717) is 5.13 Å². The Morgan fingerprint density at radius 1 is 1.19 bits per heavy atom. The highest BCUT2D eigenvalue weighted by molar-refractivity contribution is 9.10. The standard InChI is InChI=1S/C17H16BrN7S/c1-12(25-11-14(18)9-19-25)16-21-22-17(26-16)20-15-7-8-24(23-15)10-13-5-3-2-4-6-13/h2-9,11-12H,10H2,1H3,(H,20,22,23). The third-order valence-corrected chi connectivity index (χ3v) is 5.25. The minimum atomic E-state index is 0.0185. The third-order valence-electron chi connectivity index (χ3n) is 3.83. The van der Waals surface area contributed by atoms with E-state index in [0.717, 1.165) is 21.8 Å². The Hall–Kier alpha value is -2.52. The molecule has 0 amide bonds. The maximum Gasteiger partial charge on any atom is 0.211 e. The largest absolute Gasteiger partial charge is 0.313 e. The summed E-state index contributed by atoms with van der Waals surface area (Å²) in [7, 11) is 0. The monoisotopic (exact) mass is 429 g/mol. The SMILES string of the molecule is CC(c1nnc(Nc2ccn(Cc3ccccc3)n2)s1)n1cc(Br)cn1. The van der Waals surface area contributed by atoms with Gasteiger partial charge in [-0.25, -0.2) is 0 Å². The van der Waals surface area contributed by atoms with Gasteiger partial charge in [-0.3, -0.25) is 9.36 Å². The van der Waals surface area contributed by atoms with Gasteiger partial charge in [0.1, 0.15) is 11.0 Å². The normalized spacial score (nSPS) is 12.2. The molecule has 7 nitrogen and oxygen atoms in total. The number of hydrogen-bond acceptors (Lipinski definition) is 6. The number of benzene rings is 1. The van der Waals surface area contributed by atoms with Crippen LogP contribution < -0.4 is 5.32 Å². The van der Waals surface area contributed by atoms with E-state index in [-0.39, 0.29) is 6.04 Å². The van der Waals surface area contributed by atoms with Crippen molar-refractivity contribution < 1.29 is 0 Å². The predicted octanol–water partition coefficient (Wildman–Crippen LogP) is 4.09. The van der Waals surface area contributed by atoms with Crippen molar-refractivity contribution in [3.63, 3.8) is 0 Å². The van der Waals surface area contributed by atoms with E-state index in [9.17, 15) is 0 Å². The molecule has 1 unspecified atom stereocenters. The lowest BCUT2D eigenvalue weighted by atomic mass is 10.2. The van der Waals surface area contributed by atoms with Crippen LogP contribution in [0, 0.1) is 0 Å². The van der Waals surface area contributed by atoms with Crippen LogP contribution in [-0.4, -0.2) is 29.8 Å². The molecule has 0 aliphatic rings. The van der Waals surface area contributed by atoms with Crippen molar-refractivity contribution in [1.29, 1.82) is 0 Å². The van der Waals surface area contributed by atoms with Crippen molar-refractivity contribution in [2.24, 2.45) is 0 Å². The van der Waals surface area contributed by atoms with Gasteiger partial charge in [0, 0.05) is 18.5 Å². The van der Waals surface area contributed by atoms with Crippen LogP contribution in [0.4, 0.5) is 10.9 Å². The fraction of sp³-hybridized carbons (Fsp3) is 0.176. The number of rotatable bonds is 6. The summed E-state index contributed by atoms with van der Waals surface area (Å²) >= 11 is 4.90. The molecule has 4 aromatic rings. The number of aromatic nitrogens is 6. The lowest BCUT2D eigenvalue weighted by molar-refractivity contribution is 0.557. The molecule has 0 radical (unpaired) electrons. The van der Waals surface area contributed by atoms with E-state index in [4.69, 9.17) is 0 Å². The van der Waals surface area contributed by atoms with Crippen molar-refractivity contribution >= 4 is 38.2 Å². The van der Waals surface area contributed by atoms with Gasteiger partial charge >= 0.3 is 0 Å². The van der Waals surface area contributed by atoms with Crippen LogP contribution in [0.25, 0.3) is 0 Å². The predicted molar refractivity (Wildman–Crippen MR) is 105 cm³/mol. The summed E-state index contributed by atoms with van der Waals surface area (Å²) in [5.74, 6) is 0.748. The number of hydrogen-bond donors (Lipinski definition) is 1. The Balaban J connectivity index is 1.43. The first-order chi connectivity index (χ1) is 12.7. The number of nitrogens with zero attached hydrogens (tertiary/aromatic N) is 6. The zero-order valence-electron chi connectivity index (χ0n) is 14.0. The fourth-order valence-corrected chi connectivity index (χ4v) is 3.59. The molecule has 132 valence electrons. The second kappa shape index (κ2) is 7.38. The Morgan fingerprint density at radius 3 is 2.81 bits per heavy atom. The second-order valence-corrected chi connectivity index (χ2v) is 7.69. The minimum Gasteiger partial charge on any atom is -0.313 e. The van der Waals surface area contributed by atoms with Crippen LogP contribution in [0.2, 0.25) is 0 Å². The van der Waals surface area contributed by atoms with Crippen LogP contribution in [-0.2, 0) is 6.54 Å². The highest BCUT2D eigenvalue weighted by Crippen LogP contribution is 2.26. The Kier molecular flexibility index (Phi) is 4.81. The smallest absolute Gasteiger partial charge is 0.211 e. The maximum absolute atomic E-state index is 4.54. The highest BCUT2D eigenvalue weighted by atomic mass is 79.9. The number of halogens is 1. The molecule has 0 aliphatic heterocycles. The topological polar surface area (TPSA) is 73.5 Å². The Labute approximate surface area is 162 Å². The molecule has 1 aromatic carbocycles. The summed E-state index contributed by atoms with van der Waals surface area (Å²) in [6.45, 7) is 2.77. The summed E-state index contributed by atoms with van der Waals surface area (Å²) in [6.07, 6.45) is 5.63. The summed E-state index contributed by atoms with van der Waals surface area (Å²) in [5, 5.41) is 22.1. The highest BCUT2D eigenvalue weighted by Gasteiger charge is 2.15. The van der Waals surface area contributed by atoms with Gasteiger partial charge in [0.05, 0.1) is 17.2 Å². The molecular formula is C17H16BrN7S. The Morgan fingerprint density at radius 2 is 2.04 bits per heavy atom. The van der Waals surface area contributed by atoms with Crippen LogP contribution in [0.15, 0.2) is 59.5 Å². The zero-order chi connectivity index (χ0) is 17.9. The first-order valence-electron chi connectivity index (χ1n) is 8.05. The quantitative estimate of drug-likeness (QED) is 0.499. The van der Waals surface area contributed by atoms with Crippen LogP contribution >= 0.6 is 27.3 Å². The van der Waals surface area contributed by atoms with Gasteiger partial charge in [-0.1, -0.05) is 41.7 Å². The molecule has 0 saturated carbocycles. The molecule has 0 fully saturated rings. The molecule has 9 heteroatoms. The van der Waals surface area contributed by atoms with Gasteiger partial charge in [-0.15, -0.1) is 10.2 Å². The van der Waals surface area contributed by atoms with Gasteiger partial charge in [-0.05, 0) is 28.4 Å². The average molecular weight is 430 g/mol. The van der Waals surface area contributed by atoms with Crippen LogP contribution in [0.3, 0.4) is 0 Å². The molecule has 0 saturated heterocycles. The van der Waals surface area contributed by atoms with Gasteiger partial charge < -0.3 is 5.32 Å². The van der Waals surface area contributed by atoms with E-state index < -0.39 is 0 Å². The van der Waals surface area contributed by atoms with Gasteiger partial charge in [0.15, 0.2) is 5.82 Å². The van der Waals surface area contributed by atoms with Crippen molar-refractivity contribution in [2.75, 3.05) is 5.32 Å². The molecule has 1 N–H and O–H groups in total.